The van der Waals surface area contributed by atoms with E-state index in [1.54, 1.807) is 0 Å². The quantitative estimate of drug-likeness (QED) is 0.0261. The highest BCUT2D eigenvalue weighted by Crippen LogP contribution is 2.15. The maximum Gasteiger partial charge on any atom is 0.306 e. The van der Waals surface area contributed by atoms with Gasteiger partial charge in [-0.05, 0) is 135 Å². The smallest absolute Gasteiger partial charge is 0.306 e. The number of hydrogen-bond donors (Lipinski definition) is 0. The Kier molecular flexibility index (Phi) is 60.9. The van der Waals surface area contributed by atoms with Gasteiger partial charge in [-0.2, -0.15) is 0 Å². The summed E-state index contributed by atoms with van der Waals surface area (Å²) in [5.41, 5.74) is 0. The van der Waals surface area contributed by atoms with Gasteiger partial charge in [0.05, 0.1) is 0 Å². The summed E-state index contributed by atoms with van der Waals surface area (Å²) in [6, 6.07) is 0. The number of unbranched alkanes of at least 4 members (excludes halogenated alkanes) is 21. The van der Waals surface area contributed by atoms with Crippen LogP contribution in [0, 0.1) is 0 Å². The van der Waals surface area contributed by atoms with Gasteiger partial charge in [-0.25, -0.2) is 0 Å². The van der Waals surface area contributed by atoms with Gasteiger partial charge in [0.15, 0.2) is 6.10 Å². The molecule has 0 aliphatic heterocycles. The van der Waals surface area contributed by atoms with E-state index in [0.29, 0.717) is 12.8 Å². The molecule has 0 spiro atoms. The molecule has 0 rings (SSSR count). The number of esters is 3. The molecule has 78 heavy (non-hydrogen) atoms. The Bertz CT molecular complexity index is 1710. The topological polar surface area (TPSA) is 78.9 Å². The molecule has 0 aliphatic rings. The number of allylic oxidation sites excluding steroid dienone is 24. The Morgan fingerprint density at radius 2 is 0.500 bits per heavy atom. The molecule has 6 nitrogen and oxygen atoms in total. The summed E-state index contributed by atoms with van der Waals surface area (Å²) in [4.78, 5) is 38.3. The first kappa shape index (κ1) is 73.3. The lowest BCUT2D eigenvalue weighted by atomic mass is 10.0. The van der Waals surface area contributed by atoms with Crippen molar-refractivity contribution in [1.82, 2.24) is 0 Å². The molecule has 0 aromatic heterocycles. The standard InChI is InChI=1S/C72H116O6/c1-4-7-10-13-16-19-22-25-28-30-32-33-34-35-36-37-38-39-41-42-44-47-50-53-56-59-62-65-71(74)77-68-69(67-76-70(73)64-61-58-55-52-49-46-27-24-21-18-15-12-9-6-3)78-72(75)66-63-60-57-54-51-48-45-43-40-31-29-26-23-20-17-14-11-8-5-2/h7-8,10-11,15-20,24-29,32-33,35-36,40,43,48,51,69H,4-6,9,12-14,21-23,30-31,34,37-39,41-42,44-47,49-50,52-68H2,1-3H3/b10-7-,11-8-,18-15-,19-16-,20-17-,27-24-,28-25-,29-26-,33-32-,36-35-,43-40-,51-48-. The molecule has 6 heteroatoms. The maximum absolute atomic E-state index is 12.9. The second kappa shape index (κ2) is 64.8. The van der Waals surface area contributed by atoms with Gasteiger partial charge in [-0.15, -0.1) is 0 Å². The van der Waals surface area contributed by atoms with Gasteiger partial charge in [-0.1, -0.05) is 263 Å². The van der Waals surface area contributed by atoms with Crippen molar-refractivity contribution in [3.8, 4) is 0 Å². The Morgan fingerprint density at radius 3 is 0.795 bits per heavy atom. The second-order valence-electron chi connectivity index (χ2n) is 20.5. The molecule has 0 aromatic rings. The summed E-state index contributed by atoms with van der Waals surface area (Å²) >= 11 is 0. The van der Waals surface area contributed by atoms with Crippen molar-refractivity contribution in [2.45, 2.75) is 277 Å². The van der Waals surface area contributed by atoms with Gasteiger partial charge in [0.1, 0.15) is 13.2 Å². The molecule has 1 atom stereocenters. The number of hydrogen-bond acceptors (Lipinski definition) is 6. The molecule has 0 N–H and O–H groups in total. The second-order valence-corrected chi connectivity index (χ2v) is 20.5. The molecule has 0 amide bonds. The average Bonchev–Trinajstić information content (AvgIpc) is 3.44. The summed E-state index contributed by atoms with van der Waals surface area (Å²) in [6.45, 7) is 6.33. The van der Waals surface area contributed by atoms with Crippen LogP contribution < -0.4 is 0 Å². The van der Waals surface area contributed by atoms with Crippen LogP contribution in [0.25, 0.3) is 0 Å². The largest absolute Gasteiger partial charge is 0.462 e. The van der Waals surface area contributed by atoms with Crippen molar-refractivity contribution in [3.63, 3.8) is 0 Å². The molecule has 0 heterocycles. The van der Waals surface area contributed by atoms with E-state index in [0.717, 1.165) is 154 Å². The Hall–Kier alpha value is -4.71. The normalized spacial score (nSPS) is 13.1. The Morgan fingerprint density at radius 1 is 0.269 bits per heavy atom. The van der Waals surface area contributed by atoms with E-state index in [1.165, 1.54) is 77.0 Å². The molecule has 0 saturated carbocycles. The fourth-order valence-corrected chi connectivity index (χ4v) is 8.34. The fraction of sp³-hybridized carbons (Fsp3) is 0.625. The third kappa shape index (κ3) is 62.1. The molecule has 0 aromatic carbocycles. The minimum atomic E-state index is -0.810. The third-order valence-electron chi connectivity index (χ3n) is 13.1. The van der Waals surface area contributed by atoms with Crippen LogP contribution in [-0.2, 0) is 28.6 Å². The van der Waals surface area contributed by atoms with E-state index in [1.807, 2.05) is 0 Å². The van der Waals surface area contributed by atoms with E-state index in [9.17, 15) is 14.4 Å². The number of rotatable bonds is 56. The van der Waals surface area contributed by atoms with Crippen molar-refractivity contribution in [2.24, 2.45) is 0 Å². The number of carbonyl (C=O) groups excluding carboxylic acids is 3. The lowest BCUT2D eigenvalue weighted by Crippen LogP contribution is -2.30. The summed E-state index contributed by atoms with van der Waals surface area (Å²) in [7, 11) is 0. The molecular formula is C72H116O6. The molecule has 0 radical (unpaired) electrons. The zero-order valence-electron chi connectivity index (χ0n) is 50.4. The highest BCUT2D eigenvalue weighted by molar-refractivity contribution is 5.71. The van der Waals surface area contributed by atoms with Gasteiger partial charge in [0, 0.05) is 19.3 Å². The van der Waals surface area contributed by atoms with Crippen molar-refractivity contribution in [3.05, 3.63) is 146 Å². The summed E-state index contributed by atoms with van der Waals surface area (Å²) in [5, 5.41) is 0. The van der Waals surface area contributed by atoms with Crippen LogP contribution in [0.2, 0.25) is 0 Å². The van der Waals surface area contributed by atoms with E-state index >= 15 is 0 Å². The highest BCUT2D eigenvalue weighted by atomic mass is 16.6. The van der Waals surface area contributed by atoms with Crippen LogP contribution in [0.15, 0.2) is 146 Å². The lowest BCUT2D eigenvalue weighted by molar-refractivity contribution is -0.167. The van der Waals surface area contributed by atoms with Crippen LogP contribution in [-0.4, -0.2) is 37.2 Å². The van der Waals surface area contributed by atoms with E-state index in [4.69, 9.17) is 14.2 Å². The van der Waals surface area contributed by atoms with Crippen molar-refractivity contribution < 1.29 is 28.6 Å². The van der Waals surface area contributed by atoms with Crippen LogP contribution in [0.4, 0.5) is 0 Å². The minimum Gasteiger partial charge on any atom is -0.462 e. The minimum absolute atomic E-state index is 0.102. The molecule has 440 valence electrons. The van der Waals surface area contributed by atoms with Gasteiger partial charge < -0.3 is 14.2 Å². The SMILES string of the molecule is CC/C=C\C/C=C\C/C=C\C/C=C\C/C=C\CCCCCCCCCCCCCC(=O)OCC(COC(=O)CCCCCCC/C=C\C/C=C\CCCC)OC(=O)CCCCC/C=C\C/C=C\C/C=C\C/C=C\C/C=C\CC. The summed E-state index contributed by atoms with van der Waals surface area (Å²) < 4.78 is 16.9. The van der Waals surface area contributed by atoms with Gasteiger partial charge >= 0.3 is 17.9 Å². The highest BCUT2D eigenvalue weighted by Gasteiger charge is 2.19. The Balaban J connectivity index is 4.40. The van der Waals surface area contributed by atoms with Crippen molar-refractivity contribution in [1.29, 1.82) is 0 Å². The van der Waals surface area contributed by atoms with Gasteiger partial charge in [-0.3, -0.25) is 14.4 Å². The monoisotopic (exact) mass is 1080 g/mol. The maximum atomic E-state index is 12.9. The predicted molar refractivity (Wildman–Crippen MR) is 339 cm³/mol. The first-order valence-corrected chi connectivity index (χ1v) is 31.8. The predicted octanol–water partition coefficient (Wildman–Crippen LogP) is 21.9. The van der Waals surface area contributed by atoms with Crippen LogP contribution in [0.5, 0.6) is 0 Å². The lowest BCUT2D eigenvalue weighted by Gasteiger charge is -2.18. The fourth-order valence-electron chi connectivity index (χ4n) is 8.34. The Labute approximate surface area is 480 Å². The molecule has 0 saturated heterocycles. The van der Waals surface area contributed by atoms with E-state index < -0.39 is 6.10 Å². The first-order valence-electron chi connectivity index (χ1n) is 31.8. The number of ether oxygens (including phenoxy) is 3. The molecular weight excluding hydrogens is 961 g/mol. The third-order valence-corrected chi connectivity index (χ3v) is 13.1. The summed E-state index contributed by atoms with van der Waals surface area (Å²) in [5.74, 6) is -0.952. The zero-order valence-corrected chi connectivity index (χ0v) is 50.4. The zero-order chi connectivity index (χ0) is 56.4. The van der Waals surface area contributed by atoms with Crippen LogP contribution in [0.3, 0.4) is 0 Å². The molecule has 1 unspecified atom stereocenters. The van der Waals surface area contributed by atoms with Gasteiger partial charge in [0.2, 0.25) is 0 Å². The van der Waals surface area contributed by atoms with E-state index in [-0.39, 0.29) is 37.5 Å². The first-order chi connectivity index (χ1) is 38.5. The van der Waals surface area contributed by atoms with Crippen LogP contribution >= 0.6 is 0 Å². The molecule has 0 fully saturated rings. The average molecular weight is 1080 g/mol. The van der Waals surface area contributed by atoms with Gasteiger partial charge in [0.25, 0.3) is 0 Å². The van der Waals surface area contributed by atoms with Crippen molar-refractivity contribution in [2.75, 3.05) is 13.2 Å². The summed E-state index contributed by atoms with van der Waals surface area (Å²) in [6.07, 6.45) is 92.8. The molecule has 0 aliphatic carbocycles. The van der Waals surface area contributed by atoms with Crippen LogP contribution in [0.1, 0.15) is 271 Å². The van der Waals surface area contributed by atoms with Crippen molar-refractivity contribution >= 4 is 17.9 Å². The van der Waals surface area contributed by atoms with E-state index in [2.05, 4.69) is 167 Å². The molecule has 0 bridgehead atoms. The number of carbonyl (C=O) groups is 3.